The van der Waals surface area contributed by atoms with Gasteiger partial charge in [-0.2, -0.15) is 5.10 Å². The molecule has 1 amide bonds. The lowest BCUT2D eigenvalue weighted by Gasteiger charge is -2.21. The molecule has 1 heterocycles. The third kappa shape index (κ3) is 5.03. The minimum absolute atomic E-state index is 0.0251. The van der Waals surface area contributed by atoms with E-state index in [-0.39, 0.29) is 5.91 Å². The number of hydrogen-bond donors (Lipinski definition) is 1. The highest BCUT2D eigenvalue weighted by atomic mass is 16.5. The second-order valence-corrected chi connectivity index (χ2v) is 6.76. The fourth-order valence-corrected chi connectivity index (χ4v) is 3.16. The van der Waals surface area contributed by atoms with Crippen molar-refractivity contribution in [3.05, 3.63) is 60.2 Å². The van der Waals surface area contributed by atoms with Crippen LogP contribution in [0.3, 0.4) is 0 Å². The molecule has 0 radical (unpaired) electrons. The molecule has 0 bridgehead atoms. The molecule has 6 nitrogen and oxygen atoms in total. The van der Waals surface area contributed by atoms with Gasteiger partial charge >= 0.3 is 0 Å². The Kier molecular flexibility index (Phi) is 7.03. The van der Waals surface area contributed by atoms with Crippen LogP contribution >= 0.6 is 0 Å². The molecular weight excluding hydrogens is 366 g/mol. The Bertz CT molecular complexity index is 935. The van der Waals surface area contributed by atoms with Gasteiger partial charge < -0.3 is 14.4 Å². The van der Waals surface area contributed by atoms with Crippen molar-refractivity contribution in [1.82, 2.24) is 15.1 Å². The summed E-state index contributed by atoms with van der Waals surface area (Å²) in [5.74, 6) is 0.817. The maximum Gasteiger partial charge on any atom is 0.253 e. The van der Waals surface area contributed by atoms with Gasteiger partial charge in [0.15, 0.2) is 0 Å². The first-order valence-corrected chi connectivity index (χ1v) is 9.74. The summed E-state index contributed by atoms with van der Waals surface area (Å²) < 4.78 is 10.4. The summed E-state index contributed by atoms with van der Waals surface area (Å²) in [6.07, 6.45) is 0.911. The standard InChI is InChI=1S/C23H27N3O3/c1-4-12-26(13-14-28-2)23(27)18-10-8-17(9-11-18)21-16-22(25-24-21)19-6-5-7-20(15-19)29-3/h5-11,15-16H,4,12-14H2,1-3H3,(H,24,25). The first-order valence-electron chi connectivity index (χ1n) is 9.74. The molecule has 29 heavy (non-hydrogen) atoms. The molecule has 152 valence electrons. The second kappa shape index (κ2) is 9.89. The van der Waals surface area contributed by atoms with Crippen molar-refractivity contribution in [2.45, 2.75) is 13.3 Å². The smallest absolute Gasteiger partial charge is 0.253 e. The van der Waals surface area contributed by atoms with Crippen molar-refractivity contribution >= 4 is 5.91 Å². The molecule has 0 aliphatic heterocycles. The molecule has 0 saturated carbocycles. The number of ether oxygens (including phenoxy) is 2. The molecule has 0 spiro atoms. The van der Waals surface area contributed by atoms with Crippen molar-refractivity contribution in [2.24, 2.45) is 0 Å². The van der Waals surface area contributed by atoms with Crippen LogP contribution in [0.15, 0.2) is 54.6 Å². The minimum Gasteiger partial charge on any atom is -0.497 e. The molecule has 0 aliphatic carbocycles. The minimum atomic E-state index is 0.0251. The maximum atomic E-state index is 12.8. The molecule has 0 aliphatic rings. The highest BCUT2D eigenvalue weighted by Gasteiger charge is 2.15. The highest BCUT2D eigenvalue weighted by Crippen LogP contribution is 2.26. The van der Waals surface area contributed by atoms with Gasteiger partial charge in [0.05, 0.1) is 25.1 Å². The summed E-state index contributed by atoms with van der Waals surface area (Å²) in [6.45, 7) is 3.91. The maximum absolute atomic E-state index is 12.8. The summed E-state index contributed by atoms with van der Waals surface area (Å²) in [5, 5.41) is 7.49. The first kappa shape index (κ1) is 20.6. The fraction of sp³-hybridized carbons (Fsp3) is 0.304. The molecule has 0 fully saturated rings. The number of hydrogen-bond acceptors (Lipinski definition) is 4. The number of aromatic nitrogens is 2. The van der Waals surface area contributed by atoms with E-state index in [0.29, 0.717) is 25.3 Å². The lowest BCUT2D eigenvalue weighted by molar-refractivity contribution is 0.0695. The molecule has 0 unspecified atom stereocenters. The molecule has 6 heteroatoms. The Hall–Kier alpha value is -3.12. The van der Waals surface area contributed by atoms with Gasteiger partial charge in [0, 0.05) is 31.3 Å². The number of benzene rings is 2. The number of carbonyl (C=O) groups is 1. The van der Waals surface area contributed by atoms with Crippen molar-refractivity contribution in [2.75, 3.05) is 33.9 Å². The van der Waals surface area contributed by atoms with Crippen LogP contribution in [0.4, 0.5) is 0 Å². The van der Waals surface area contributed by atoms with Gasteiger partial charge in [-0.05, 0) is 42.3 Å². The van der Waals surface area contributed by atoms with Gasteiger partial charge in [0.2, 0.25) is 0 Å². The van der Waals surface area contributed by atoms with Gasteiger partial charge in [-0.1, -0.05) is 31.2 Å². The van der Waals surface area contributed by atoms with Crippen LogP contribution in [-0.2, 0) is 4.74 Å². The van der Waals surface area contributed by atoms with Gasteiger partial charge in [0.25, 0.3) is 5.91 Å². The number of methoxy groups -OCH3 is 2. The van der Waals surface area contributed by atoms with Crippen LogP contribution in [0, 0.1) is 0 Å². The summed E-state index contributed by atoms with van der Waals surface area (Å²) in [7, 11) is 3.29. The number of nitrogens with one attached hydrogen (secondary N) is 1. The van der Waals surface area contributed by atoms with Crippen LogP contribution in [0.1, 0.15) is 23.7 Å². The van der Waals surface area contributed by atoms with Gasteiger partial charge in [-0.25, -0.2) is 0 Å². The molecule has 1 N–H and O–H groups in total. The molecule has 1 aromatic heterocycles. The van der Waals surface area contributed by atoms with Crippen LogP contribution in [0.5, 0.6) is 5.75 Å². The van der Waals surface area contributed by atoms with Gasteiger partial charge in [0.1, 0.15) is 5.75 Å². The van der Waals surface area contributed by atoms with E-state index < -0.39 is 0 Å². The van der Waals surface area contributed by atoms with Crippen molar-refractivity contribution < 1.29 is 14.3 Å². The zero-order valence-corrected chi connectivity index (χ0v) is 17.1. The zero-order chi connectivity index (χ0) is 20.6. The Labute approximate surface area is 171 Å². The Balaban J connectivity index is 1.76. The van der Waals surface area contributed by atoms with Crippen LogP contribution in [0.2, 0.25) is 0 Å². The number of aromatic amines is 1. The SMILES string of the molecule is CCCN(CCOC)C(=O)c1ccc(-c2cc(-c3cccc(OC)c3)n[nH]2)cc1. The second-order valence-electron chi connectivity index (χ2n) is 6.76. The predicted octanol–water partition coefficient (Wildman–Crippen LogP) is 4.25. The van der Waals surface area contributed by atoms with Crippen molar-refractivity contribution in [3.63, 3.8) is 0 Å². The third-order valence-electron chi connectivity index (χ3n) is 4.73. The largest absolute Gasteiger partial charge is 0.497 e. The average Bonchev–Trinajstić information content (AvgIpc) is 3.27. The van der Waals surface area contributed by atoms with Gasteiger partial charge in [-0.3, -0.25) is 9.89 Å². The first-order chi connectivity index (χ1) is 14.2. The lowest BCUT2D eigenvalue weighted by atomic mass is 10.1. The summed E-state index contributed by atoms with van der Waals surface area (Å²) in [6, 6.07) is 17.4. The average molecular weight is 393 g/mol. The van der Waals surface area contributed by atoms with E-state index in [2.05, 4.69) is 17.1 Å². The molecule has 0 saturated heterocycles. The lowest BCUT2D eigenvalue weighted by Crippen LogP contribution is -2.34. The zero-order valence-electron chi connectivity index (χ0n) is 17.1. The van der Waals surface area contributed by atoms with Crippen molar-refractivity contribution in [1.29, 1.82) is 0 Å². The molecule has 3 rings (SSSR count). The van der Waals surface area contributed by atoms with Crippen LogP contribution < -0.4 is 4.74 Å². The van der Waals surface area contributed by atoms with E-state index >= 15 is 0 Å². The molecule has 2 aromatic carbocycles. The summed E-state index contributed by atoms with van der Waals surface area (Å²) >= 11 is 0. The molecular formula is C23H27N3O3. The van der Waals surface area contributed by atoms with E-state index in [1.54, 1.807) is 14.2 Å². The Morgan fingerprint density at radius 3 is 2.52 bits per heavy atom. The van der Waals surface area contributed by atoms with E-state index in [4.69, 9.17) is 9.47 Å². The quantitative estimate of drug-likeness (QED) is 0.590. The van der Waals surface area contributed by atoms with E-state index in [1.165, 1.54) is 0 Å². The molecule has 0 atom stereocenters. The normalized spacial score (nSPS) is 10.7. The summed E-state index contributed by atoms with van der Waals surface area (Å²) in [4.78, 5) is 14.6. The third-order valence-corrected chi connectivity index (χ3v) is 4.73. The topological polar surface area (TPSA) is 67.4 Å². The van der Waals surface area contributed by atoms with E-state index in [0.717, 1.165) is 34.7 Å². The number of nitrogens with zero attached hydrogens (tertiary/aromatic N) is 2. The number of amides is 1. The highest BCUT2D eigenvalue weighted by molar-refractivity contribution is 5.94. The van der Waals surface area contributed by atoms with Gasteiger partial charge in [-0.15, -0.1) is 0 Å². The Morgan fingerprint density at radius 1 is 1.03 bits per heavy atom. The number of H-pyrrole nitrogens is 1. The summed E-state index contributed by atoms with van der Waals surface area (Å²) in [5.41, 5.74) is 4.36. The predicted molar refractivity (Wildman–Crippen MR) is 114 cm³/mol. The number of carbonyl (C=O) groups excluding carboxylic acids is 1. The van der Waals surface area contributed by atoms with E-state index in [1.807, 2.05) is 59.5 Å². The Morgan fingerprint density at radius 2 is 1.83 bits per heavy atom. The van der Waals surface area contributed by atoms with Crippen molar-refractivity contribution in [3.8, 4) is 28.3 Å². The van der Waals surface area contributed by atoms with Crippen LogP contribution in [0.25, 0.3) is 22.5 Å². The number of rotatable bonds is 9. The molecule has 3 aromatic rings. The van der Waals surface area contributed by atoms with Crippen LogP contribution in [-0.4, -0.2) is 54.9 Å². The van der Waals surface area contributed by atoms with E-state index in [9.17, 15) is 4.79 Å². The fourth-order valence-electron chi connectivity index (χ4n) is 3.16. The monoisotopic (exact) mass is 393 g/mol.